The average Bonchev–Trinajstić information content (AvgIpc) is 2.42. The molecule has 0 saturated heterocycles. The number of para-hydroxylation sites is 1. The van der Waals surface area contributed by atoms with Crippen molar-refractivity contribution in [3.05, 3.63) is 66.2 Å². The van der Waals surface area contributed by atoms with Gasteiger partial charge >= 0.3 is 0 Å². The first-order valence-corrected chi connectivity index (χ1v) is 5.36. The van der Waals surface area contributed by atoms with Crippen molar-refractivity contribution in [1.82, 2.24) is 5.43 Å². The van der Waals surface area contributed by atoms with Crippen LogP contribution in [0.3, 0.4) is 0 Å². The topological polar surface area (TPSA) is 76.1 Å². The van der Waals surface area contributed by atoms with Crippen LogP contribution in [0.25, 0.3) is 0 Å². The van der Waals surface area contributed by atoms with E-state index in [4.69, 9.17) is 11.7 Å². The summed E-state index contributed by atoms with van der Waals surface area (Å²) >= 11 is 0. The molecule has 6 N–H and O–H groups in total. The van der Waals surface area contributed by atoms with Crippen molar-refractivity contribution in [3.63, 3.8) is 0 Å². The zero-order chi connectivity index (χ0) is 12.3. The summed E-state index contributed by atoms with van der Waals surface area (Å²) < 4.78 is 0. The molecule has 0 saturated carbocycles. The molecule has 17 heavy (non-hydrogen) atoms. The Morgan fingerprint density at radius 3 is 1.71 bits per heavy atom. The third-order valence-electron chi connectivity index (χ3n) is 2.09. The summed E-state index contributed by atoms with van der Waals surface area (Å²) in [5, 5.41) is 0. The van der Waals surface area contributed by atoms with E-state index < -0.39 is 0 Å². The number of rotatable bonds is 3. The molecule has 0 amide bonds. The van der Waals surface area contributed by atoms with Crippen LogP contribution < -0.4 is 22.5 Å². The molecule has 0 aliphatic heterocycles. The largest absolute Gasteiger partial charge is 0.324 e. The highest BCUT2D eigenvalue weighted by Gasteiger charge is 1.83. The summed E-state index contributed by atoms with van der Waals surface area (Å²) in [5.74, 6) is 10.2. The maximum atomic E-state index is 5.11. The second-order valence-electron chi connectivity index (χ2n) is 3.38. The standard InChI is InChI=1S/C7H10N2.C6H8N2/c8-9-6-7-4-2-1-3-5-7;7-8-6-4-2-1-3-5-6/h1-5,9H,6,8H2;1-5,8H,7H2. The van der Waals surface area contributed by atoms with Crippen LogP contribution in [0.5, 0.6) is 0 Å². The third-order valence-corrected chi connectivity index (χ3v) is 2.09. The van der Waals surface area contributed by atoms with Gasteiger partial charge in [-0.1, -0.05) is 48.5 Å². The number of nitrogens with two attached hydrogens (primary N) is 2. The van der Waals surface area contributed by atoms with Crippen molar-refractivity contribution in [3.8, 4) is 0 Å². The second-order valence-corrected chi connectivity index (χ2v) is 3.38. The Morgan fingerprint density at radius 1 is 0.765 bits per heavy atom. The van der Waals surface area contributed by atoms with Crippen LogP contribution in [-0.2, 0) is 6.54 Å². The van der Waals surface area contributed by atoms with Crippen molar-refractivity contribution in [2.75, 3.05) is 5.43 Å². The number of nitrogen functional groups attached to an aromatic ring is 1. The van der Waals surface area contributed by atoms with Crippen molar-refractivity contribution in [2.24, 2.45) is 11.7 Å². The number of anilines is 1. The zero-order valence-electron chi connectivity index (χ0n) is 9.64. The van der Waals surface area contributed by atoms with Gasteiger partial charge in [-0.3, -0.25) is 17.1 Å². The number of nitrogens with one attached hydrogen (secondary N) is 2. The maximum Gasteiger partial charge on any atom is 0.0485 e. The number of hydrazine groups is 2. The van der Waals surface area contributed by atoms with Gasteiger partial charge < -0.3 is 5.43 Å². The average molecular weight is 230 g/mol. The molecule has 0 radical (unpaired) electrons. The number of hydrogen-bond acceptors (Lipinski definition) is 4. The Hall–Kier alpha value is -1.88. The predicted octanol–water partition coefficient (Wildman–Crippen LogP) is 1.62. The van der Waals surface area contributed by atoms with Crippen LogP contribution >= 0.6 is 0 Å². The van der Waals surface area contributed by atoms with Crippen LogP contribution in [0.2, 0.25) is 0 Å². The molecular weight excluding hydrogens is 212 g/mol. The van der Waals surface area contributed by atoms with Crippen molar-refractivity contribution >= 4 is 5.69 Å². The molecule has 2 aromatic carbocycles. The minimum atomic E-state index is 0.737. The Morgan fingerprint density at radius 2 is 1.29 bits per heavy atom. The van der Waals surface area contributed by atoms with Gasteiger partial charge in [-0.05, 0) is 17.7 Å². The van der Waals surface area contributed by atoms with E-state index in [9.17, 15) is 0 Å². The monoisotopic (exact) mass is 230 g/mol. The van der Waals surface area contributed by atoms with E-state index >= 15 is 0 Å². The molecule has 0 aliphatic carbocycles. The van der Waals surface area contributed by atoms with Crippen molar-refractivity contribution in [2.45, 2.75) is 6.54 Å². The number of hydrogen-bond donors (Lipinski definition) is 4. The van der Waals surface area contributed by atoms with Crippen LogP contribution in [0.1, 0.15) is 5.56 Å². The lowest BCUT2D eigenvalue weighted by atomic mass is 10.2. The summed E-state index contributed by atoms with van der Waals surface area (Å²) in [6.07, 6.45) is 0. The third kappa shape index (κ3) is 5.67. The van der Waals surface area contributed by atoms with Crippen molar-refractivity contribution < 1.29 is 0 Å². The molecule has 0 fully saturated rings. The molecule has 0 unspecified atom stereocenters. The van der Waals surface area contributed by atoms with E-state index in [0.29, 0.717) is 0 Å². The van der Waals surface area contributed by atoms with Gasteiger partial charge in [0.15, 0.2) is 0 Å². The molecule has 0 spiro atoms. The molecule has 0 bridgehead atoms. The molecule has 2 rings (SSSR count). The van der Waals surface area contributed by atoms with Gasteiger partial charge in [-0.15, -0.1) is 0 Å². The van der Waals surface area contributed by atoms with E-state index in [1.807, 2.05) is 60.7 Å². The van der Waals surface area contributed by atoms with Gasteiger partial charge in [-0.25, -0.2) is 0 Å². The van der Waals surface area contributed by atoms with E-state index in [0.717, 1.165) is 12.2 Å². The zero-order valence-corrected chi connectivity index (χ0v) is 9.64. The lowest BCUT2D eigenvalue weighted by Gasteiger charge is -1.95. The summed E-state index contributed by atoms with van der Waals surface area (Å²) in [5.41, 5.74) is 7.26. The summed E-state index contributed by atoms with van der Waals surface area (Å²) in [4.78, 5) is 0. The fraction of sp³-hybridized carbons (Fsp3) is 0.0769. The highest BCUT2D eigenvalue weighted by molar-refractivity contribution is 5.40. The van der Waals surface area contributed by atoms with E-state index in [1.165, 1.54) is 5.56 Å². The van der Waals surface area contributed by atoms with Crippen LogP contribution in [0.4, 0.5) is 5.69 Å². The summed E-state index contributed by atoms with van der Waals surface area (Å²) in [6, 6.07) is 19.6. The normalized spacial score (nSPS) is 9.06. The molecule has 0 heterocycles. The summed E-state index contributed by atoms with van der Waals surface area (Å²) in [7, 11) is 0. The van der Waals surface area contributed by atoms with Gasteiger partial charge in [-0.2, -0.15) is 0 Å². The first-order chi connectivity index (χ1) is 8.36. The van der Waals surface area contributed by atoms with Gasteiger partial charge in [0.25, 0.3) is 0 Å². The Bertz CT molecular complexity index is 389. The fourth-order valence-corrected chi connectivity index (χ4v) is 1.25. The molecule has 0 aliphatic rings. The molecule has 0 aromatic heterocycles. The summed E-state index contributed by atoms with van der Waals surface area (Å²) in [6.45, 7) is 0.737. The molecule has 2 aromatic rings. The van der Waals surface area contributed by atoms with Crippen LogP contribution in [-0.4, -0.2) is 0 Å². The molecule has 4 nitrogen and oxygen atoms in total. The minimum Gasteiger partial charge on any atom is -0.324 e. The Balaban J connectivity index is 0.000000171. The number of benzene rings is 2. The molecule has 90 valence electrons. The molecular formula is C13H18N4. The lowest BCUT2D eigenvalue weighted by molar-refractivity contribution is 0.741. The SMILES string of the molecule is NNCc1ccccc1.NNc1ccccc1. The molecule has 0 atom stereocenters. The lowest BCUT2D eigenvalue weighted by Crippen LogP contribution is -2.20. The highest BCUT2D eigenvalue weighted by atomic mass is 15.2. The first kappa shape index (κ1) is 13.2. The highest BCUT2D eigenvalue weighted by Crippen LogP contribution is 2.00. The van der Waals surface area contributed by atoms with Gasteiger partial charge in [0.05, 0.1) is 0 Å². The second kappa shape index (κ2) is 8.29. The smallest absolute Gasteiger partial charge is 0.0485 e. The Labute approximate surface area is 102 Å². The first-order valence-electron chi connectivity index (χ1n) is 5.36. The van der Waals surface area contributed by atoms with E-state index in [2.05, 4.69) is 10.9 Å². The van der Waals surface area contributed by atoms with Gasteiger partial charge in [0.2, 0.25) is 0 Å². The van der Waals surface area contributed by atoms with Crippen LogP contribution in [0.15, 0.2) is 60.7 Å². The predicted molar refractivity (Wildman–Crippen MR) is 71.7 cm³/mol. The van der Waals surface area contributed by atoms with E-state index in [-0.39, 0.29) is 0 Å². The molecule has 4 heteroatoms. The maximum absolute atomic E-state index is 5.11. The van der Waals surface area contributed by atoms with E-state index in [1.54, 1.807) is 0 Å². The van der Waals surface area contributed by atoms with Gasteiger partial charge in [0, 0.05) is 12.2 Å². The minimum absolute atomic E-state index is 0.737. The van der Waals surface area contributed by atoms with Crippen LogP contribution in [0, 0.1) is 0 Å². The van der Waals surface area contributed by atoms with Gasteiger partial charge in [0.1, 0.15) is 0 Å². The van der Waals surface area contributed by atoms with Crippen molar-refractivity contribution in [1.29, 1.82) is 0 Å². The quantitative estimate of drug-likeness (QED) is 0.477. The fourth-order valence-electron chi connectivity index (χ4n) is 1.25. The Kier molecular flexibility index (Phi) is 6.43.